The van der Waals surface area contributed by atoms with Crippen LogP contribution in [0.1, 0.15) is 62.9 Å². The smallest absolute Gasteiger partial charge is 0.416 e. The van der Waals surface area contributed by atoms with Gasteiger partial charge in [-0.05, 0) is 130 Å². The lowest BCUT2D eigenvalue weighted by atomic mass is 9.85. The molecule has 6 rings (SSSR count). The largest absolute Gasteiger partial charge is 0.496 e. The van der Waals surface area contributed by atoms with Crippen LogP contribution in [0.4, 0.5) is 30.7 Å². The van der Waals surface area contributed by atoms with E-state index in [4.69, 9.17) is 14.3 Å². The molecule has 1 unspecified atom stereocenters. The van der Waals surface area contributed by atoms with Crippen molar-refractivity contribution in [2.24, 2.45) is 11.1 Å². The summed E-state index contributed by atoms with van der Waals surface area (Å²) >= 11 is 1.39. The first-order valence-corrected chi connectivity index (χ1v) is 16.1. The molecule has 50 heavy (non-hydrogen) atoms. The molecule has 4 aromatic rings. The Bertz CT molecular complexity index is 1990. The summed E-state index contributed by atoms with van der Waals surface area (Å²) in [4.78, 5) is 17.1. The highest BCUT2D eigenvalue weighted by molar-refractivity contribution is 14.1. The number of carbonyl (C=O) groups is 1. The second-order valence-corrected chi connectivity index (χ2v) is 14.2. The number of halogens is 8. The Morgan fingerprint density at radius 3 is 2.16 bits per heavy atom. The number of aryl methyl sites for hydroxylation is 1. The van der Waals surface area contributed by atoms with Gasteiger partial charge >= 0.3 is 18.3 Å². The van der Waals surface area contributed by atoms with Gasteiger partial charge in [-0.25, -0.2) is 9.18 Å². The van der Waals surface area contributed by atoms with Gasteiger partial charge < -0.3 is 19.4 Å². The van der Waals surface area contributed by atoms with Crippen LogP contribution in [0.2, 0.25) is 0 Å². The summed E-state index contributed by atoms with van der Waals surface area (Å²) in [6.07, 6.45) is -11.8. The number of hydrogen-bond acceptors (Lipinski definition) is 5. The standard InChI is InChI=1S/C36H27F7INO5/c1-17-10-19(33(46)47)4-7-24(17)18-5-9-29(48-3)26(13-18)25-8-6-21(35(38,39)40)15-27(25)32-30-28(16-49-32)31(50-45-30)20-11-22(34(2,37)44)14-23(12-20)36(41,42)43/h4-15,28,31-32H,16H2,1-3H3,(H,46,47)/t28-,31-,32+,34?/m1/s1. The van der Waals surface area contributed by atoms with Crippen LogP contribution in [0.15, 0.2) is 78.0 Å². The molecule has 2 aliphatic heterocycles. The van der Waals surface area contributed by atoms with Crippen molar-refractivity contribution in [2.45, 2.75) is 42.1 Å². The number of carboxylic acid groups (broad SMARTS) is 1. The summed E-state index contributed by atoms with van der Waals surface area (Å²) in [5.41, 5.74) is 0.659. The van der Waals surface area contributed by atoms with Crippen LogP contribution in [-0.4, -0.2) is 30.5 Å². The number of ether oxygens (including phenoxy) is 2. The molecule has 2 aliphatic rings. The zero-order valence-corrected chi connectivity index (χ0v) is 28.6. The Kier molecular flexibility index (Phi) is 9.16. The average molecular weight is 814 g/mol. The van der Waals surface area contributed by atoms with Gasteiger partial charge in [-0.2, -0.15) is 26.3 Å². The zero-order chi connectivity index (χ0) is 36.3. The summed E-state index contributed by atoms with van der Waals surface area (Å²) in [5, 5.41) is 13.5. The van der Waals surface area contributed by atoms with E-state index < -0.39 is 51.3 Å². The molecule has 0 aliphatic carbocycles. The number of methoxy groups -OCH3 is 1. The Hall–Kier alpha value is -4.18. The van der Waals surface area contributed by atoms with E-state index in [1.165, 1.54) is 54.0 Å². The predicted molar refractivity (Wildman–Crippen MR) is 178 cm³/mol. The first-order chi connectivity index (χ1) is 23.4. The van der Waals surface area contributed by atoms with E-state index in [0.717, 1.165) is 31.2 Å². The van der Waals surface area contributed by atoms with Gasteiger partial charge in [0.2, 0.25) is 0 Å². The van der Waals surface area contributed by atoms with Gasteiger partial charge in [-0.3, -0.25) is 0 Å². The molecular weight excluding hydrogens is 786 g/mol. The minimum atomic E-state index is -4.79. The van der Waals surface area contributed by atoms with E-state index in [2.05, 4.69) is 5.16 Å². The third-order valence-electron chi connectivity index (χ3n) is 8.78. The molecule has 0 saturated carbocycles. The fourth-order valence-corrected chi connectivity index (χ4v) is 6.61. The van der Waals surface area contributed by atoms with Crippen molar-refractivity contribution in [3.05, 3.63) is 112 Å². The molecule has 14 heteroatoms. The SMILES string of the molecule is COc1ccc(-c2ccc(C(=O)O)cc2C)cc1-c1ccc(C(F)(F)F)cc1[C@@H]1OC[C@@H]2C1=NO[C@@H]2c1cc(C(F)(F)F)cc(C(C)(F)I)c1. The second kappa shape index (κ2) is 12.9. The van der Waals surface area contributed by atoms with Gasteiger partial charge in [0.1, 0.15) is 17.6 Å². The highest BCUT2D eigenvalue weighted by Gasteiger charge is 2.48. The topological polar surface area (TPSA) is 77.4 Å². The Labute approximate surface area is 295 Å². The molecule has 1 N–H and O–H groups in total. The summed E-state index contributed by atoms with van der Waals surface area (Å²) in [7, 11) is 1.40. The van der Waals surface area contributed by atoms with Gasteiger partial charge in [0, 0.05) is 5.56 Å². The van der Waals surface area contributed by atoms with Crippen molar-refractivity contribution < 1.29 is 54.9 Å². The lowest BCUT2D eigenvalue weighted by molar-refractivity contribution is -0.138. The number of nitrogens with zero attached hydrogens (tertiary/aromatic N) is 1. The molecule has 262 valence electrons. The molecule has 4 atom stereocenters. The molecular formula is C36H27F7INO5. The van der Waals surface area contributed by atoms with E-state index >= 15 is 0 Å². The minimum Gasteiger partial charge on any atom is -0.496 e. The van der Waals surface area contributed by atoms with Gasteiger partial charge in [0.25, 0.3) is 0 Å². The summed E-state index contributed by atoms with van der Waals surface area (Å²) in [6.45, 7) is 2.69. The van der Waals surface area contributed by atoms with Crippen LogP contribution in [0.25, 0.3) is 22.3 Å². The van der Waals surface area contributed by atoms with Gasteiger partial charge in [-0.1, -0.05) is 23.4 Å². The lowest BCUT2D eigenvalue weighted by Crippen LogP contribution is -2.19. The maximum atomic E-state index is 14.9. The highest BCUT2D eigenvalue weighted by atomic mass is 127. The Balaban J connectivity index is 1.44. The number of carboxylic acids is 1. The quantitative estimate of drug-likeness (QED) is 0.114. The third-order valence-corrected chi connectivity index (χ3v) is 9.40. The van der Waals surface area contributed by atoms with E-state index in [-0.39, 0.29) is 34.6 Å². The molecule has 0 spiro atoms. The van der Waals surface area contributed by atoms with Crippen LogP contribution >= 0.6 is 22.6 Å². The van der Waals surface area contributed by atoms with Crippen molar-refractivity contribution in [3.8, 4) is 28.0 Å². The molecule has 0 radical (unpaired) electrons. The molecule has 0 amide bonds. The Morgan fingerprint density at radius 1 is 0.860 bits per heavy atom. The van der Waals surface area contributed by atoms with Crippen molar-refractivity contribution in [1.82, 2.24) is 0 Å². The van der Waals surface area contributed by atoms with Crippen LogP contribution < -0.4 is 4.74 Å². The van der Waals surface area contributed by atoms with Crippen molar-refractivity contribution >= 4 is 34.3 Å². The molecule has 1 fully saturated rings. The van der Waals surface area contributed by atoms with Gasteiger partial charge in [-0.15, -0.1) is 0 Å². The first-order valence-electron chi connectivity index (χ1n) is 15.1. The van der Waals surface area contributed by atoms with E-state index in [1.807, 2.05) is 0 Å². The number of rotatable bonds is 7. The fraction of sp³-hybridized carbons (Fsp3) is 0.278. The summed E-state index contributed by atoms with van der Waals surface area (Å²) in [6, 6.07) is 15.6. The number of oxime groups is 1. The lowest BCUT2D eigenvalue weighted by Gasteiger charge is -2.21. The maximum Gasteiger partial charge on any atom is 0.416 e. The van der Waals surface area contributed by atoms with Crippen molar-refractivity contribution in [2.75, 3.05) is 13.7 Å². The number of aromatic carboxylic acids is 1. The number of alkyl halides is 8. The summed E-state index contributed by atoms with van der Waals surface area (Å²) < 4.78 is 108. The molecule has 0 aromatic heterocycles. The molecule has 2 heterocycles. The van der Waals surface area contributed by atoms with E-state index in [0.29, 0.717) is 33.6 Å². The number of hydrogen-bond donors (Lipinski definition) is 1. The summed E-state index contributed by atoms with van der Waals surface area (Å²) in [5.74, 6) is -1.57. The number of benzene rings is 4. The normalized spacial score (nSPS) is 20.1. The highest BCUT2D eigenvalue weighted by Crippen LogP contribution is 2.49. The van der Waals surface area contributed by atoms with E-state index in [1.54, 1.807) is 31.2 Å². The van der Waals surface area contributed by atoms with Crippen LogP contribution in [-0.2, 0) is 25.6 Å². The zero-order valence-electron chi connectivity index (χ0n) is 26.4. The third kappa shape index (κ3) is 6.78. The van der Waals surface area contributed by atoms with E-state index in [9.17, 15) is 40.6 Å². The van der Waals surface area contributed by atoms with Gasteiger partial charge in [0.15, 0.2) is 9.78 Å². The second-order valence-electron chi connectivity index (χ2n) is 12.1. The van der Waals surface area contributed by atoms with Crippen LogP contribution in [0.5, 0.6) is 5.75 Å². The monoisotopic (exact) mass is 813 g/mol. The van der Waals surface area contributed by atoms with Gasteiger partial charge in [0.05, 0.1) is 36.3 Å². The fourth-order valence-electron chi connectivity index (χ4n) is 6.30. The molecule has 6 nitrogen and oxygen atoms in total. The van der Waals surface area contributed by atoms with Crippen molar-refractivity contribution in [3.63, 3.8) is 0 Å². The maximum absolute atomic E-state index is 14.9. The Morgan fingerprint density at radius 2 is 1.54 bits per heavy atom. The van der Waals surface area contributed by atoms with Crippen LogP contribution in [0.3, 0.4) is 0 Å². The predicted octanol–water partition coefficient (Wildman–Crippen LogP) is 10.5. The first kappa shape index (κ1) is 35.6. The molecule has 0 bridgehead atoms. The average Bonchev–Trinajstić information content (AvgIpc) is 3.65. The number of fused-ring (bicyclic) bond motifs is 1. The molecule has 4 aromatic carbocycles. The minimum absolute atomic E-state index is 0.00807. The van der Waals surface area contributed by atoms with Crippen LogP contribution in [0, 0.1) is 12.8 Å². The molecule has 1 saturated heterocycles. The van der Waals surface area contributed by atoms with Crippen molar-refractivity contribution in [1.29, 1.82) is 0 Å².